The van der Waals surface area contributed by atoms with Gasteiger partial charge in [0.2, 0.25) is 0 Å². The Morgan fingerprint density at radius 3 is 2.44 bits per heavy atom. The van der Waals surface area contributed by atoms with Gasteiger partial charge in [0.25, 0.3) is 5.91 Å². The average molecular weight is 250 g/mol. The van der Waals surface area contributed by atoms with Gasteiger partial charge in [-0.1, -0.05) is 13.8 Å². The summed E-state index contributed by atoms with van der Waals surface area (Å²) >= 11 is 0. The largest absolute Gasteiger partial charge is 0.376 e. The second-order valence-electron chi connectivity index (χ2n) is 4.93. The highest BCUT2D eigenvalue weighted by atomic mass is 16.5. The van der Waals surface area contributed by atoms with Crippen LogP contribution in [-0.2, 0) is 4.74 Å². The Morgan fingerprint density at radius 1 is 1.28 bits per heavy atom. The molecule has 1 aromatic heterocycles. The fourth-order valence-corrected chi connectivity index (χ4v) is 1.40. The molecule has 1 heterocycles. The number of hydrogen-bond donors (Lipinski definition) is 1. The van der Waals surface area contributed by atoms with Crippen molar-refractivity contribution in [2.45, 2.75) is 39.8 Å². The first-order chi connectivity index (χ1) is 8.50. The fourth-order valence-electron chi connectivity index (χ4n) is 1.40. The van der Waals surface area contributed by atoms with Crippen LogP contribution in [0.5, 0.6) is 0 Å². The van der Waals surface area contributed by atoms with Gasteiger partial charge in [-0.15, -0.1) is 0 Å². The zero-order valence-corrected chi connectivity index (χ0v) is 11.5. The van der Waals surface area contributed by atoms with Crippen molar-refractivity contribution < 1.29 is 9.53 Å². The van der Waals surface area contributed by atoms with Gasteiger partial charge in [0.1, 0.15) is 0 Å². The monoisotopic (exact) mass is 250 g/mol. The van der Waals surface area contributed by atoms with Gasteiger partial charge in [-0.3, -0.25) is 9.78 Å². The Labute approximate surface area is 109 Å². The molecule has 1 rings (SSSR count). The van der Waals surface area contributed by atoms with E-state index < -0.39 is 0 Å². The van der Waals surface area contributed by atoms with E-state index >= 15 is 0 Å². The molecule has 100 valence electrons. The molecule has 4 nitrogen and oxygen atoms in total. The maximum absolute atomic E-state index is 11.9. The summed E-state index contributed by atoms with van der Waals surface area (Å²) in [6, 6.07) is 3.37. The molecule has 0 bridgehead atoms. The van der Waals surface area contributed by atoms with Crippen LogP contribution in [0.15, 0.2) is 24.5 Å². The molecule has 0 spiro atoms. The summed E-state index contributed by atoms with van der Waals surface area (Å²) in [4.78, 5) is 15.8. The van der Waals surface area contributed by atoms with Crippen LogP contribution in [0.25, 0.3) is 0 Å². The number of ether oxygens (including phenoxy) is 1. The molecule has 4 heteroatoms. The van der Waals surface area contributed by atoms with Crippen LogP contribution in [-0.4, -0.2) is 29.6 Å². The molecule has 0 aliphatic carbocycles. The van der Waals surface area contributed by atoms with E-state index in [0.717, 1.165) is 0 Å². The summed E-state index contributed by atoms with van der Waals surface area (Å²) in [5.41, 5.74) is 0.618. The van der Waals surface area contributed by atoms with Crippen LogP contribution in [0.4, 0.5) is 0 Å². The molecule has 1 aromatic rings. The van der Waals surface area contributed by atoms with Crippen LogP contribution < -0.4 is 5.32 Å². The average Bonchev–Trinajstić information content (AvgIpc) is 2.36. The number of pyridine rings is 1. The van der Waals surface area contributed by atoms with Crippen molar-refractivity contribution in [3.8, 4) is 0 Å². The van der Waals surface area contributed by atoms with Crippen LogP contribution in [0, 0.1) is 5.92 Å². The number of carbonyl (C=O) groups is 1. The number of aromatic nitrogens is 1. The van der Waals surface area contributed by atoms with E-state index in [2.05, 4.69) is 24.1 Å². The number of nitrogens with one attached hydrogen (secondary N) is 1. The van der Waals surface area contributed by atoms with Crippen molar-refractivity contribution in [3.63, 3.8) is 0 Å². The Hall–Kier alpha value is -1.42. The van der Waals surface area contributed by atoms with E-state index in [4.69, 9.17) is 4.74 Å². The summed E-state index contributed by atoms with van der Waals surface area (Å²) in [7, 11) is 0. The predicted octanol–water partition coefficient (Wildman–Crippen LogP) is 2.26. The van der Waals surface area contributed by atoms with Crippen molar-refractivity contribution in [1.82, 2.24) is 10.3 Å². The third-order valence-electron chi connectivity index (χ3n) is 2.70. The molecule has 0 radical (unpaired) electrons. The zero-order chi connectivity index (χ0) is 13.5. The minimum Gasteiger partial charge on any atom is -0.376 e. The third-order valence-corrected chi connectivity index (χ3v) is 2.70. The Kier molecular flexibility index (Phi) is 5.78. The smallest absolute Gasteiger partial charge is 0.251 e. The quantitative estimate of drug-likeness (QED) is 0.842. The van der Waals surface area contributed by atoms with Gasteiger partial charge < -0.3 is 10.1 Å². The molecule has 1 amide bonds. The van der Waals surface area contributed by atoms with E-state index in [1.807, 2.05) is 13.8 Å². The first-order valence-electron chi connectivity index (χ1n) is 6.33. The summed E-state index contributed by atoms with van der Waals surface area (Å²) in [5.74, 6) is 0.403. The van der Waals surface area contributed by atoms with Gasteiger partial charge in [-0.25, -0.2) is 0 Å². The van der Waals surface area contributed by atoms with Gasteiger partial charge in [-0.05, 0) is 31.9 Å². The minimum absolute atomic E-state index is 0.00168. The lowest BCUT2D eigenvalue weighted by Crippen LogP contribution is -2.41. The topological polar surface area (TPSA) is 51.2 Å². The lowest BCUT2D eigenvalue weighted by atomic mass is 10.1. The molecule has 0 aliphatic rings. The van der Waals surface area contributed by atoms with Crippen molar-refractivity contribution in [2.24, 2.45) is 5.92 Å². The molecule has 1 N–H and O–H groups in total. The lowest BCUT2D eigenvalue weighted by molar-refractivity contribution is 0.0266. The van der Waals surface area contributed by atoms with Crippen molar-refractivity contribution >= 4 is 5.91 Å². The summed E-state index contributed by atoms with van der Waals surface area (Å²) < 4.78 is 5.67. The summed E-state index contributed by atoms with van der Waals surface area (Å²) in [6.07, 6.45) is 3.22. The van der Waals surface area contributed by atoms with Crippen LogP contribution in [0.2, 0.25) is 0 Å². The predicted molar refractivity (Wildman–Crippen MR) is 71.4 cm³/mol. The van der Waals surface area contributed by atoms with Gasteiger partial charge in [0.15, 0.2) is 0 Å². The molecule has 0 unspecified atom stereocenters. The standard InChI is InChI=1S/C14H22N2O2/c1-10(2)9-18-12(4)11(3)16-14(17)13-5-7-15-8-6-13/h5-8,10-12H,9H2,1-4H3,(H,16,17)/t11-,12-/m1/s1. The van der Waals surface area contributed by atoms with Crippen molar-refractivity contribution in [3.05, 3.63) is 30.1 Å². The first kappa shape index (κ1) is 14.6. The zero-order valence-electron chi connectivity index (χ0n) is 11.5. The van der Waals surface area contributed by atoms with E-state index in [-0.39, 0.29) is 18.1 Å². The summed E-state index contributed by atoms with van der Waals surface area (Å²) in [5, 5.41) is 2.93. The third kappa shape index (κ3) is 4.84. The highest BCUT2D eigenvalue weighted by Gasteiger charge is 2.16. The first-order valence-corrected chi connectivity index (χ1v) is 6.33. The number of amides is 1. The van der Waals surface area contributed by atoms with E-state index in [9.17, 15) is 4.79 Å². The Bertz CT molecular complexity index is 365. The summed E-state index contributed by atoms with van der Waals surface area (Å²) in [6.45, 7) is 8.83. The van der Waals surface area contributed by atoms with Gasteiger partial charge in [0.05, 0.1) is 12.1 Å². The SMILES string of the molecule is CC(C)CO[C@H](C)[C@@H](C)NC(=O)c1ccncc1. The highest BCUT2D eigenvalue weighted by molar-refractivity contribution is 5.94. The number of nitrogens with zero attached hydrogens (tertiary/aromatic N) is 1. The van der Waals surface area contributed by atoms with Gasteiger partial charge in [0, 0.05) is 24.6 Å². The Balaban J connectivity index is 2.44. The van der Waals surface area contributed by atoms with E-state index in [0.29, 0.717) is 18.1 Å². The van der Waals surface area contributed by atoms with Crippen LogP contribution in [0.1, 0.15) is 38.1 Å². The number of hydrogen-bond acceptors (Lipinski definition) is 3. The second-order valence-corrected chi connectivity index (χ2v) is 4.93. The molecule has 0 aliphatic heterocycles. The van der Waals surface area contributed by atoms with E-state index in [1.165, 1.54) is 0 Å². The van der Waals surface area contributed by atoms with Crippen LogP contribution >= 0.6 is 0 Å². The van der Waals surface area contributed by atoms with Gasteiger partial charge in [-0.2, -0.15) is 0 Å². The maximum atomic E-state index is 11.9. The van der Waals surface area contributed by atoms with Crippen molar-refractivity contribution in [1.29, 1.82) is 0 Å². The lowest BCUT2D eigenvalue weighted by Gasteiger charge is -2.22. The number of carbonyl (C=O) groups excluding carboxylic acids is 1. The maximum Gasteiger partial charge on any atom is 0.251 e. The fraction of sp³-hybridized carbons (Fsp3) is 0.571. The molecule has 0 saturated heterocycles. The number of rotatable bonds is 6. The molecular weight excluding hydrogens is 228 g/mol. The molecule has 0 aromatic carbocycles. The molecule has 18 heavy (non-hydrogen) atoms. The second kappa shape index (κ2) is 7.11. The minimum atomic E-state index is -0.0927. The molecular formula is C14H22N2O2. The molecule has 0 fully saturated rings. The molecule has 2 atom stereocenters. The normalized spacial score (nSPS) is 14.3. The van der Waals surface area contributed by atoms with Crippen molar-refractivity contribution in [2.75, 3.05) is 6.61 Å². The van der Waals surface area contributed by atoms with Crippen LogP contribution in [0.3, 0.4) is 0 Å². The highest BCUT2D eigenvalue weighted by Crippen LogP contribution is 2.04. The Morgan fingerprint density at radius 2 is 1.89 bits per heavy atom. The molecule has 0 saturated carbocycles. The van der Waals surface area contributed by atoms with Gasteiger partial charge >= 0.3 is 0 Å². The van der Waals surface area contributed by atoms with E-state index in [1.54, 1.807) is 24.5 Å².